The Bertz CT molecular complexity index is 481. The highest BCUT2D eigenvalue weighted by Gasteiger charge is 2.20. The molecular weight excluding hydrogens is 304 g/mol. The van der Waals surface area contributed by atoms with Gasteiger partial charge in [0.1, 0.15) is 0 Å². The largest absolute Gasteiger partial charge is 0.380 e. The average molecular weight is 332 g/mol. The van der Waals surface area contributed by atoms with Crippen molar-refractivity contribution in [3.63, 3.8) is 0 Å². The van der Waals surface area contributed by atoms with Crippen molar-refractivity contribution in [2.75, 3.05) is 52.4 Å². The van der Waals surface area contributed by atoms with Crippen molar-refractivity contribution in [3.8, 4) is 0 Å². The molecule has 3 rings (SSSR count). The number of hydrogen-bond acceptors (Lipinski definition) is 6. The molecule has 132 valence electrons. The maximum atomic E-state index is 12.2. The number of allylic oxidation sites excluding steroid dienone is 2. The molecule has 0 bridgehead atoms. The summed E-state index contributed by atoms with van der Waals surface area (Å²) in [6.45, 7) is 7.80. The third kappa shape index (κ3) is 4.68. The summed E-state index contributed by atoms with van der Waals surface area (Å²) < 4.78 is 0. The minimum Gasteiger partial charge on any atom is -0.380 e. The SMILES string of the molecule is O=C1C=C(NCCN2CCCC2)C(=O)C=C1NCCN1CCCC1. The highest BCUT2D eigenvalue weighted by Crippen LogP contribution is 2.10. The van der Waals surface area contributed by atoms with Crippen LogP contribution in [-0.4, -0.2) is 73.7 Å². The van der Waals surface area contributed by atoms with Gasteiger partial charge in [0.15, 0.2) is 0 Å². The maximum Gasteiger partial charge on any atom is 0.203 e. The van der Waals surface area contributed by atoms with E-state index in [-0.39, 0.29) is 11.6 Å². The van der Waals surface area contributed by atoms with Crippen LogP contribution in [0.5, 0.6) is 0 Å². The summed E-state index contributed by atoms with van der Waals surface area (Å²) in [5.41, 5.74) is 0.841. The number of nitrogens with zero attached hydrogens (tertiary/aromatic N) is 2. The van der Waals surface area contributed by atoms with Crippen LogP contribution in [0.3, 0.4) is 0 Å². The molecule has 2 N–H and O–H groups in total. The monoisotopic (exact) mass is 332 g/mol. The molecule has 0 aromatic carbocycles. The smallest absolute Gasteiger partial charge is 0.203 e. The van der Waals surface area contributed by atoms with E-state index in [1.165, 1.54) is 37.8 Å². The zero-order valence-corrected chi connectivity index (χ0v) is 14.4. The van der Waals surface area contributed by atoms with Crippen molar-refractivity contribution in [2.45, 2.75) is 25.7 Å². The van der Waals surface area contributed by atoms with Gasteiger partial charge in [-0.05, 0) is 51.9 Å². The lowest BCUT2D eigenvalue weighted by Gasteiger charge is -2.19. The van der Waals surface area contributed by atoms with Crippen LogP contribution in [0.1, 0.15) is 25.7 Å². The molecule has 3 aliphatic rings. The fourth-order valence-electron chi connectivity index (χ4n) is 3.55. The molecule has 0 aromatic heterocycles. The second kappa shape index (κ2) is 8.44. The van der Waals surface area contributed by atoms with Crippen LogP contribution in [0.15, 0.2) is 23.5 Å². The molecule has 24 heavy (non-hydrogen) atoms. The number of nitrogens with one attached hydrogen (secondary N) is 2. The summed E-state index contributed by atoms with van der Waals surface area (Å²) in [5.74, 6) is -0.223. The molecule has 1 aliphatic carbocycles. The summed E-state index contributed by atoms with van der Waals surface area (Å²) in [6, 6.07) is 0. The maximum absolute atomic E-state index is 12.2. The zero-order valence-electron chi connectivity index (χ0n) is 14.4. The summed E-state index contributed by atoms with van der Waals surface area (Å²) in [7, 11) is 0. The quantitative estimate of drug-likeness (QED) is 0.623. The first-order valence-electron chi connectivity index (χ1n) is 9.17. The molecule has 2 fully saturated rings. The molecule has 2 saturated heterocycles. The minimum absolute atomic E-state index is 0.111. The van der Waals surface area contributed by atoms with E-state index in [1.54, 1.807) is 0 Å². The van der Waals surface area contributed by atoms with Gasteiger partial charge in [0.05, 0.1) is 11.4 Å². The van der Waals surface area contributed by atoms with Gasteiger partial charge in [0, 0.05) is 38.3 Å². The van der Waals surface area contributed by atoms with E-state index in [0.717, 1.165) is 39.3 Å². The van der Waals surface area contributed by atoms with Crippen molar-refractivity contribution in [1.82, 2.24) is 20.4 Å². The summed E-state index contributed by atoms with van der Waals surface area (Å²) in [5, 5.41) is 6.24. The molecular formula is C18H28N4O2. The second-order valence-electron chi connectivity index (χ2n) is 6.80. The third-order valence-corrected chi connectivity index (χ3v) is 4.97. The van der Waals surface area contributed by atoms with Gasteiger partial charge < -0.3 is 20.4 Å². The van der Waals surface area contributed by atoms with Gasteiger partial charge in [0.2, 0.25) is 11.6 Å². The molecule has 0 radical (unpaired) electrons. The number of rotatable bonds is 8. The van der Waals surface area contributed by atoms with Crippen LogP contribution in [-0.2, 0) is 9.59 Å². The molecule has 2 heterocycles. The number of carbonyl (C=O) groups excluding carboxylic acids is 2. The fraction of sp³-hybridized carbons (Fsp3) is 0.667. The molecule has 0 saturated carbocycles. The van der Waals surface area contributed by atoms with E-state index in [2.05, 4.69) is 20.4 Å². The van der Waals surface area contributed by atoms with Crippen molar-refractivity contribution in [1.29, 1.82) is 0 Å². The first-order chi connectivity index (χ1) is 11.7. The van der Waals surface area contributed by atoms with Crippen LogP contribution in [0.2, 0.25) is 0 Å². The molecule has 0 aromatic rings. The Labute approximate surface area is 143 Å². The molecule has 0 atom stereocenters. The number of carbonyl (C=O) groups is 2. The van der Waals surface area contributed by atoms with Gasteiger partial charge in [-0.3, -0.25) is 9.59 Å². The Morgan fingerprint density at radius 1 is 0.708 bits per heavy atom. The second-order valence-corrected chi connectivity index (χ2v) is 6.80. The van der Waals surface area contributed by atoms with Gasteiger partial charge in [-0.1, -0.05) is 0 Å². The average Bonchev–Trinajstić information content (AvgIpc) is 3.25. The van der Waals surface area contributed by atoms with Crippen LogP contribution in [0, 0.1) is 0 Å². The van der Waals surface area contributed by atoms with E-state index in [1.807, 2.05) is 0 Å². The molecule has 6 heteroatoms. The number of hydrogen-bond donors (Lipinski definition) is 2. The highest BCUT2D eigenvalue weighted by molar-refractivity contribution is 6.19. The van der Waals surface area contributed by atoms with Gasteiger partial charge in [-0.2, -0.15) is 0 Å². The lowest BCUT2D eigenvalue weighted by molar-refractivity contribution is -0.115. The van der Waals surface area contributed by atoms with E-state index >= 15 is 0 Å². The molecule has 6 nitrogen and oxygen atoms in total. The Morgan fingerprint density at radius 3 is 1.46 bits per heavy atom. The van der Waals surface area contributed by atoms with Crippen LogP contribution >= 0.6 is 0 Å². The summed E-state index contributed by atoms with van der Waals surface area (Å²) in [4.78, 5) is 29.1. The van der Waals surface area contributed by atoms with Crippen molar-refractivity contribution >= 4 is 11.6 Å². The van der Waals surface area contributed by atoms with Crippen molar-refractivity contribution in [2.24, 2.45) is 0 Å². The lowest BCUT2D eigenvalue weighted by atomic mass is 10.1. The number of likely N-dealkylation sites (tertiary alicyclic amines) is 2. The Morgan fingerprint density at radius 2 is 1.08 bits per heavy atom. The molecule has 0 spiro atoms. The van der Waals surface area contributed by atoms with E-state index in [9.17, 15) is 9.59 Å². The Kier molecular flexibility index (Phi) is 6.04. The lowest BCUT2D eigenvalue weighted by Crippen LogP contribution is -2.35. The molecule has 0 amide bonds. The van der Waals surface area contributed by atoms with Gasteiger partial charge in [-0.25, -0.2) is 0 Å². The zero-order chi connectivity index (χ0) is 16.8. The third-order valence-electron chi connectivity index (χ3n) is 4.97. The molecule has 2 aliphatic heterocycles. The van der Waals surface area contributed by atoms with E-state index in [4.69, 9.17) is 0 Å². The standard InChI is InChI=1S/C18H28N4O2/c23-17-14-16(20-6-12-22-9-3-4-10-22)18(24)13-15(17)19-5-11-21-7-1-2-8-21/h13-14,19-20H,1-12H2. The Balaban J connectivity index is 1.40. The van der Waals surface area contributed by atoms with Gasteiger partial charge >= 0.3 is 0 Å². The van der Waals surface area contributed by atoms with Gasteiger partial charge in [0.25, 0.3) is 0 Å². The predicted molar refractivity (Wildman–Crippen MR) is 93.5 cm³/mol. The van der Waals surface area contributed by atoms with E-state index in [0.29, 0.717) is 24.5 Å². The van der Waals surface area contributed by atoms with Crippen molar-refractivity contribution in [3.05, 3.63) is 23.5 Å². The van der Waals surface area contributed by atoms with Crippen LogP contribution < -0.4 is 10.6 Å². The van der Waals surface area contributed by atoms with Crippen LogP contribution in [0.25, 0.3) is 0 Å². The highest BCUT2D eigenvalue weighted by atomic mass is 16.1. The van der Waals surface area contributed by atoms with E-state index < -0.39 is 0 Å². The molecule has 0 unspecified atom stereocenters. The number of ketones is 2. The Hall–Kier alpha value is -1.66. The first-order valence-corrected chi connectivity index (χ1v) is 9.17. The van der Waals surface area contributed by atoms with Crippen LogP contribution in [0.4, 0.5) is 0 Å². The van der Waals surface area contributed by atoms with Crippen molar-refractivity contribution < 1.29 is 9.59 Å². The summed E-state index contributed by atoms with van der Waals surface area (Å²) >= 11 is 0. The topological polar surface area (TPSA) is 64.7 Å². The first kappa shape index (κ1) is 17.2. The summed E-state index contributed by atoms with van der Waals surface area (Å²) in [6.07, 6.45) is 7.91. The minimum atomic E-state index is -0.111. The normalized spacial score (nSPS) is 22.7. The predicted octanol–water partition coefficient (Wildman–Crippen LogP) is 0.277. The van der Waals surface area contributed by atoms with Gasteiger partial charge in [-0.15, -0.1) is 0 Å². The fourth-order valence-corrected chi connectivity index (χ4v) is 3.55.